The maximum Gasteiger partial charge on any atom is 0.120 e. The molecular weight excluding hydrogens is 314 g/mol. The van der Waals surface area contributed by atoms with Crippen LogP contribution in [0.3, 0.4) is 0 Å². The highest BCUT2D eigenvalue weighted by atomic mass is 79.9. The summed E-state index contributed by atoms with van der Waals surface area (Å²) in [6, 6.07) is 18.6. The van der Waals surface area contributed by atoms with Gasteiger partial charge in [-0.15, -0.1) is 0 Å². The zero-order valence-corrected chi connectivity index (χ0v) is 13.3. The van der Waals surface area contributed by atoms with E-state index in [0.717, 1.165) is 29.8 Å². The molecule has 0 bridgehead atoms. The highest BCUT2D eigenvalue weighted by Crippen LogP contribution is 2.21. The molecule has 0 aliphatic heterocycles. The van der Waals surface area contributed by atoms with Gasteiger partial charge in [0.1, 0.15) is 5.75 Å². The van der Waals surface area contributed by atoms with Crippen LogP contribution in [0.5, 0.6) is 5.75 Å². The number of hydrogen-bond acceptors (Lipinski definition) is 2. The van der Waals surface area contributed by atoms with Crippen molar-refractivity contribution >= 4 is 15.9 Å². The summed E-state index contributed by atoms with van der Waals surface area (Å²) in [4.78, 5) is 0. The molecule has 0 aliphatic rings. The van der Waals surface area contributed by atoms with Crippen LogP contribution in [0.2, 0.25) is 0 Å². The van der Waals surface area contributed by atoms with Crippen molar-refractivity contribution in [2.75, 3.05) is 20.2 Å². The molecule has 2 rings (SSSR count). The van der Waals surface area contributed by atoms with Crippen molar-refractivity contribution in [3.05, 3.63) is 64.6 Å². The molecule has 0 saturated carbocycles. The topological polar surface area (TPSA) is 21.3 Å². The van der Waals surface area contributed by atoms with Gasteiger partial charge < -0.3 is 10.1 Å². The smallest absolute Gasteiger partial charge is 0.120 e. The Kier molecular flexibility index (Phi) is 6.09. The molecule has 0 radical (unpaired) electrons. The minimum Gasteiger partial charge on any atom is -0.494 e. The van der Waals surface area contributed by atoms with E-state index >= 15 is 0 Å². The lowest BCUT2D eigenvalue weighted by Crippen LogP contribution is -2.19. The normalized spacial score (nSPS) is 12.1. The van der Waals surface area contributed by atoms with E-state index in [2.05, 4.69) is 51.6 Å². The van der Waals surface area contributed by atoms with Gasteiger partial charge in [0.15, 0.2) is 0 Å². The maximum atomic E-state index is 5.83. The minimum absolute atomic E-state index is 0.480. The number of halogens is 1. The van der Waals surface area contributed by atoms with Crippen molar-refractivity contribution in [1.29, 1.82) is 0 Å². The zero-order chi connectivity index (χ0) is 14.2. The number of ether oxygens (including phenoxy) is 1. The lowest BCUT2D eigenvalue weighted by molar-refractivity contribution is 0.296. The SMILES string of the molecule is CNCC(CCOc1cccc(Br)c1)c1ccccc1. The Morgan fingerprint density at radius 3 is 2.60 bits per heavy atom. The fraction of sp³-hybridized carbons (Fsp3) is 0.294. The van der Waals surface area contributed by atoms with E-state index in [1.165, 1.54) is 5.56 Å². The van der Waals surface area contributed by atoms with Crippen molar-refractivity contribution in [2.24, 2.45) is 0 Å². The Balaban J connectivity index is 1.90. The highest BCUT2D eigenvalue weighted by molar-refractivity contribution is 9.10. The van der Waals surface area contributed by atoms with Crippen LogP contribution < -0.4 is 10.1 Å². The van der Waals surface area contributed by atoms with E-state index in [-0.39, 0.29) is 0 Å². The van der Waals surface area contributed by atoms with Crippen molar-refractivity contribution in [2.45, 2.75) is 12.3 Å². The second kappa shape index (κ2) is 8.08. The summed E-state index contributed by atoms with van der Waals surface area (Å²) in [7, 11) is 1.99. The van der Waals surface area contributed by atoms with E-state index in [4.69, 9.17) is 4.74 Å². The van der Waals surface area contributed by atoms with Gasteiger partial charge >= 0.3 is 0 Å². The largest absolute Gasteiger partial charge is 0.494 e. The Labute approximate surface area is 129 Å². The first-order valence-electron chi connectivity index (χ1n) is 6.87. The quantitative estimate of drug-likeness (QED) is 0.818. The molecule has 0 fully saturated rings. The van der Waals surface area contributed by atoms with Crippen LogP contribution in [0.4, 0.5) is 0 Å². The van der Waals surface area contributed by atoms with Gasteiger partial charge in [0.2, 0.25) is 0 Å². The van der Waals surface area contributed by atoms with Crippen LogP contribution in [-0.4, -0.2) is 20.2 Å². The fourth-order valence-corrected chi connectivity index (χ4v) is 2.61. The summed E-state index contributed by atoms with van der Waals surface area (Å²) in [5.74, 6) is 1.39. The van der Waals surface area contributed by atoms with Crippen molar-refractivity contribution in [3.63, 3.8) is 0 Å². The van der Waals surface area contributed by atoms with Crippen LogP contribution >= 0.6 is 15.9 Å². The predicted octanol–water partition coefficient (Wildman–Crippen LogP) is 4.22. The van der Waals surface area contributed by atoms with Gasteiger partial charge in [-0.1, -0.05) is 52.3 Å². The highest BCUT2D eigenvalue weighted by Gasteiger charge is 2.10. The molecule has 20 heavy (non-hydrogen) atoms. The van der Waals surface area contributed by atoms with Crippen LogP contribution in [0.1, 0.15) is 17.9 Å². The van der Waals surface area contributed by atoms with Crippen LogP contribution in [0.15, 0.2) is 59.1 Å². The molecule has 1 unspecified atom stereocenters. The average Bonchev–Trinajstić information content (AvgIpc) is 2.47. The van der Waals surface area contributed by atoms with Crippen LogP contribution in [0.25, 0.3) is 0 Å². The Bertz CT molecular complexity index is 515. The Hall–Kier alpha value is -1.32. The Morgan fingerprint density at radius 2 is 1.90 bits per heavy atom. The number of nitrogens with one attached hydrogen (secondary N) is 1. The van der Waals surface area contributed by atoms with E-state index < -0.39 is 0 Å². The first-order chi connectivity index (χ1) is 9.79. The van der Waals surface area contributed by atoms with Gasteiger partial charge in [0.05, 0.1) is 6.61 Å². The fourth-order valence-electron chi connectivity index (χ4n) is 2.23. The van der Waals surface area contributed by atoms with Gasteiger partial charge in [-0.25, -0.2) is 0 Å². The van der Waals surface area contributed by atoms with E-state index in [1.54, 1.807) is 0 Å². The molecule has 0 saturated heterocycles. The second-order valence-electron chi connectivity index (χ2n) is 4.76. The van der Waals surface area contributed by atoms with Crippen LogP contribution in [0, 0.1) is 0 Å². The summed E-state index contributed by atoms with van der Waals surface area (Å²) in [5.41, 5.74) is 1.36. The predicted molar refractivity (Wildman–Crippen MR) is 87.4 cm³/mol. The van der Waals surface area contributed by atoms with E-state index in [1.807, 2.05) is 31.3 Å². The lowest BCUT2D eigenvalue weighted by atomic mass is 9.96. The summed E-state index contributed by atoms with van der Waals surface area (Å²) in [6.45, 7) is 1.68. The molecule has 2 nitrogen and oxygen atoms in total. The monoisotopic (exact) mass is 333 g/mol. The maximum absolute atomic E-state index is 5.83. The molecule has 2 aromatic carbocycles. The molecule has 0 amide bonds. The van der Waals surface area contributed by atoms with Gasteiger partial charge in [-0.05, 0) is 43.1 Å². The molecule has 106 valence electrons. The third-order valence-corrected chi connectivity index (χ3v) is 3.75. The summed E-state index contributed by atoms with van der Waals surface area (Å²) < 4.78 is 6.87. The second-order valence-corrected chi connectivity index (χ2v) is 5.68. The molecule has 0 spiro atoms. The first kappa shape index (κ1) is 15.1. The van der Waals surface area contributed by atoms with Gasteiger partial charge in [-0.2, -0.15) is 0 Å². The minimum atomic E-state index is 0.480. The van der Waals surface area contributed by atoms with Crippen molar-refractivity contribution in [3.8, 4) is 5.75 Å². The summed E-state index contributed by atoms with van der Waals surface area (Å²) in [5, 5.41) is 3.26. The summed E-state index contributed by atoms with van der Waals surface area (Å²) in [6.07, 6.45) is 0.997. The third-order valence-electron chi connectivity index (χ3n) is 3.25. The molecule has 0 aliphatic carbocycles. The van der Waals surface area contributed by atoms with Crippen molar-refractivity contribution < 1.29 is 4.74 Å². The zero-order valence-electron chi connectivity index (χ0n) is 11.7. The number of likely N-dealkylation sites (N-methyl/N-ethyl adjacent to an activating group) is 1. The van der Waals surface area contributed by atoms with Gasteiger partial charge in [0, 0.05) is 11.0 Å². The Morgan fingerprint density at radius 1 is 1.10 bits per heavy atom. The molecule has 0 heterocycles. The number of benzene rings is 2. The molecule has 1 atom stereocenters. The summed E-state index contributed by atoms with van der Waals surface area (Å²) >= 11 is 3.45. The first-order valence-corrected chi connectivity index (χ1v) is 7.67. The number of rotatable bonds is 7. The van der Waals surface area contributed by atoms with Crippen LogP contribution in [-0.2, 0) is 0 Å². The number of hydrogen-bond donors (Lipinski definition) is 1. The molecule has 0 aromatic heterocycles. The molecule has 1 N–H and O–H groups in total. The third kappa shape index (κ3) is 4.66. The van der Waals surface area contributed by atoms with Crippen molar-refractivity contribution in [1.82, 2.24) is 5.32 Å². The van der Waals surface area contributed by atoms with Gasteiger partial charge in [0.25, 0.3) is 0 Å². The molecule has 3 heteroatoms. The molecule has 2 aromatic rings. The standard InChI is InChI=1S/C17H20BrNO/c1-19-13-15(14-6-3-2-4-7-14)10-11-20-17-9-5-8-16(18)12-17/h2-9,12,15,19H,10-11,13H2,1H3. The van der Waals surface area contributed by atoms with E-state index in [9.17, 15) is 0 Å². The van der Waals surface area contributed by atoms with E-state index in [0.29, 0.717) is 5.92 Å². The van der Waals surface area contributed by atoms with Gasteiger partial charge in [-0.3, -0.25) is 0 Å². The lowest BCUT2D eigenvalue weighted by Gasteiger charge is -2.17. The average molecular weight is 334 g/mol. The molecular formula is C17H20BrNO.